The molecule has 20 heavy (non-hydrogen) atoms. The Morgan fingerprint density at radius 3 is 2.60 bits per heavy atom. The number of hydrogen-bond acceptors (Lipinski definition) is 4. The minimum atomic E-state index is 0.104. The van der Waals surface area contributed by atoms with E-state index >= 15 is 0 Å². The SMILES string of the molecule is CCN(Cc1ccccc1)C(=O)CCc1nnc(C)o1. The molecule has 1 amide bonds. The van der Waals surface area contributed by atoms with E-state index in [1.54, 1.807) is 6.92 Å². The molecule has 0 saturated carbocycles. The molecule has 0 aliphatic carbocycles. The van der Waals surface area contributed by atoms with Crippen LogP contribution in [0.2, 0.25) is 0 Å². The van der Waals surface area contributed by atoms with E-state index in [-0.39, 0.29) is 5.91 Å². The molecule has 0 radical (unpaired) electrons. The number of nitrogens with zero attached hydrogens (tertiary/aromatic N) is 3. The maximum Gasteiger partial charge on any atom is 0.223 e. The summed E-state index contributed by atoms with van der Waals surface area (Å²) in [5.41, 5.74) is 1.14. The van der Waals surface area contributed by atoms with Crippen molar-refractivity contribution in [3.8, 4) is 0 Å². The summed E-state index contributed by atoms with van der Waals surface area (Å²) in [6, 6.07) is 9.98. The van der Waals surface area contributed by atoms with Gasteiger partial charge in [0.1, 0.15) is 0 Å². The Hall–Kier alpha value is -2.17. The van der Waals surface area contributed by atoms with Gasteiger partial charge in [0, 0.05) is 32.9 Å². The van der Waals surface area contributed by atoms with Crippen LogP contribution in [0.25, 0.3) is 0 Å². The number of rotatable bonds is 6. The van der Waals surface area contributed by atoms with Gasteiger partial charge < -0.3 is 9.32 Å². The average Bonchev–Trinajstić information content (AvgIpc) is 2.89. The highest BCUT2D eigenvalue weighted by molar-refractivity contribution is 5.76. The third-order valence-electron chi connectivity index (χ3n) is 3.07. The highest BCUT2D eigenvalue weighted by Crippen LogP contribution is 2.08. The number of hydrogen-bond donors (Lipinski definition) is 0. The molecule has 5 heteroatoms. The van der Waals surface area contributed by atoms with Crippen molar-refractivity contribution in [2.24, 2.45) is 0 Å². The lowest BCUT2D eigenvalue weighted by molar-refractivity contribution is -0.131. The van der Waals surface area contributed by atoms with Gasteiger partial charge in [-0.2, -0.15) is 0 Å². The Kier molecular flexibility index (Phi) is 4.87. The second kappa shape index (κ2) is 6.84. The zero-order chi connectivity index (χ0) is 14.4. The van der Waals surface area contributed by atoms with Crippen LogP contribution in [0.15, 0.2) is 34.7 Å². The topological polar surface area (TPSA) is 59.2 Å². The quantitative estimate of drug-likeness (QED) is 0.810. The number of carbonyl (C=O) groups is 1. The molecule has 0 N–H and O–H groups in total. The van der Waals surface area contributed by atoms with Crippen LogP contribution in [0.1, 0.15) is 30.7 Å². The lowest BCUT2D eigenvalue weighted by Gasteiger charge is -2.20. The predicted molar refractivity (Wildman–Crippen MR) is 74.9 cm³/mol. The maximum absolute atomic E-state index is 12.2. The van der Waals surface area contributed by atoms with Gasteiger partial charge in [-0.3, -0.25) is 4.79 Å². The first-order chi connectivity index (χ1) is 9.69. The summed E-state index contributed by atoms with van der Waals surface area (Å²) < 4.78 is 5.27. The first-order valence-electron chi connectivity index (χ1n) is 6.79. The van der Waals surface area contributed by atoms with E-state index in [1.807, 2.05) is 42.2 Å². The molecule has 1 heterocycles. The highest BCUT2D eigenvalue weighted by Gasteiger charge is 2.13. The van der Waals surface area contributed by atoms with Crippen molar-refractivity contribution in [1.82, 2.24) is 15.1 Å². The zero-order valence-corrected chi connectivity index (χ0v) is 11.9. The van der Waals surface area contributed by atoms with Crippen LogP contribution in [0, 0.1) is 6.92 Å². The fourth-order valence-corrected chi connectivity index (χ4v) is 1.99. The molecule has 5 nitrogen and oxygen atoms in total. The summed E-state index contributed by atoms with van der Waals surface area (Å²) >= 11 is 0. The first kappa shape index (κ1) is 14.2. The van der Waals surface area contributed by atoms with E-state index in [4.69, 9.17) is 4.42 Å². The summed E-state index contributed by atoms with van der Waals surface area (Å²) in [5.74, 6) is 1.16. The van der Waals surface area contributed by atoms with Crippen molar-refractivity contribution in [2.75, 3.05) is 6.54 Å². The number of aryl methyl sites for hydroxylation is 2. The molecule has 0 aliphatic heterocycles. The number of carbonyl (C=O) groups excluding carboxylic acids is 1. The molecular formula is C15H19N3O2. The van der Waals surface area contributed by atoms with Gasteiger partial charge in [-0.1, -0.05) is 30.3 Å². The Labute approximate surface area is 118 Å². The molecule has 2 rings (SSSR count). The summed E-state index contributed by atoms with van der Waals surface area (Å²) in [6.45, 7) is 5.05. The smallest absolute Gasteiger partial charge is 0.223 e. The molecule has 0 saturated heterocycles. The predicted octanol–water partition coefficient (Wildman–Crippen LogP) is 2.36. The van der Waals surface area contributed by atoms with Crippen molar-refractivity contribution in [2.45, 2.75) is 33.2 Å². The molecule has 0 unspecified atom stereocenters. The van der Waals surface area contributed by atoms with Gasteiger partial charge in [0.05, 0.1) is 0 Å². The van der Waals surface area contributed by atoms with E-state index in [1.165, 1.54) is 0 Å². The number of benzene rings is 1. The van der Waals surface area contributed by atoms with Crippen LogP contribution in [-0.4, -0.2) is 27.5 Å². The van der Waals surface area contributed by atoms with Gasteiger partial charge in [-0.25, -0.2) is 0 Å². The molecule has 0 aliphatic rings. The van der Waals surface area contributed by atoms with E-state index in [0.29, 0.717) is 37.7 Å². The van der Waals surface area contributed by atoms with E-state index in [0.717, 1.165) is 5.56 Å². The number of aromatic nitrogens is 2. The van der Waals surface area contributed by atoms with Gasteiger partial charge in [0.25, 0.3) is 0 Å². The molecule has 0 fully saturated rings. The summed E-state index contributed by atoms with van der Waals surface area (Å²) in [4.78, 5) is 14.0. The number of amides is 1. The van der Waals surface area contributed by atoms with Crippen molar-refractivity contribution < 1.29 is 9.21 Å². The second-order valence-electron chi connectivity index (χ2n) is 4.61. The monoisotopic (exact) mass is 273 g/mol. The average molecular weight is 273 g/mol. The van der Waals surface area contributed by atoms with Gasteiger partial charge in [0.2, 0.25) is 17.7 Å². The molecule has 0 bridgehead atoms. The second-order valence-corrected chi connectivity index (χ2v) is 4.61. The zero-order valence-electron chi connectivity index (χ0n) is 11.9. The van der Waals surface area contributed by atoms with Crippen molar-refractivity contribution >= 4 is 5.91 Å². The molecule has 2 aromatic rings. The first-order valence-corrected chi connectivity index (χ1v) is 6.79. The van der Waals surface area contributed by atoms with Crippen molar-refractivity contribution in [1.29, 1.82) is 0 Å². The van der Waals surface area contributed by atoms with Crippen molar-refractivity contribution in [3.63, 3.8) is 0 Å². The van der Waals surface area contributed by atoms with Gasteiger partial charge in [-0.05, 0) is 12.5 Å². The standard InChI is InChI=1S/C15H19N3O2/c1-3-18(11-13-7-5-4-6-8-13)15(19)10-9-14-17-16-12(2)20-14/h4-8H,3,9-11H2,1-2H3. The van der Waals surface area contributed by atoms with E-state index in [2.05, 4.69) is 10.2 Å². The fraction of sp³-hybridized carbons (Fsp3) is 0.400. The summed E-state index contributed by atoms with van der Waals surface area (Å²) in [5, 5.41) is 7.66. The van der Waals surface area contributed by atoms with Crippen LogP contribution < -0.4 is 0 Å². The summed E-state index contributed by atoms with van der Waals surface area (Å²) in [6.07, 6.45) is 0.882. The third kappa shape index (κ3) is 3.91. The normalized spacial score (nSPS) is 10.5. The maximum atomic E-state index is 12.2. The molecule has 0 atom stereocenters. The Morgan fingerprint density at radius 2 is 2.00 bits per heavy atom. The fourth-order valence-electron chi connectivity index (χ4n) is 1.99. The third-order valence-corrected chi connectivity index (χ3v) is 3.07. The largest absolute Gasteiger partial charge is 0.426 e. The molecule has 1 aromatic heterocycles. The Morgan fingerprint density at radius 1 is 1.25 bits per heavy atom. The molecule has 0 spiro atoms. The van der Waals surface area contributed by atoms with Gasteiger partial charge in [0.15, 0.2) is 0 Å². The lowest BCUT2D eigenvalue weighted by atomic mass is 10.2. The molecular weight excluding hydrogens is 254 g/mol. The lowest BCUT2D eigenvalue weighted by Crippen LogP contribution is -2.30. The molecule has 106 valence electrons. The summed E-state index contributed by atoms with van der Waals surface area (Å²) in [7, 11) is 0. The van der Waals surface area contributed by atoms with Gasteiger partial charge >= 0.3 is 0 Å². The Bertz CT molecular complexity index is 551. The van der Waals surface area contributed by atoms with Crippen LogP contribution in [0.5, 0.6) is 0 Å². The van der Waals surface area contributed by atoms with Gasteiger partial charge in [-0.15, -0.1) is 10.2 Å². The Balaban J connectivity index is 1.89. The van der Waals surface area contributed by atoms with E-state index < -0.39 is 0 Å². The highest BCUT2D eigenvalue weighted by atomic mass is 16.4. The van der Waals surface area contributed by atoms with Crippen LogP contribution in [0.4, 0.5) is 0 Å². The minimum Gasteiger partial charge on any atom is -0.426 e. The van der Waals surface area contributed by atoms with Crippen LogP contribution in [-0.2, 0) is 17.8 Å². The molecule has 1 aromatic carbocycles. The van der Waals surface area contributed by atoms with Crippen LogP contribution >= 0.6 is 0 Å². The van der Waals surface area contributed by atoms with Crippen molar-refractivity contribution in [3.05, 3.63) is 47.7 Å². The minimum absolute atomic E-state index is 0.104. The van der Waals surface area contributed by atoms with E-state index in [9.17, 15) is 4.79 Å². The van der Waals surface area contributed by atoms with Crippen LogP contribution in [0.3, 0.4) is 0 Å².